The van der Waals surface area contributed by atoms with Gasteiger partial charge in [0.15, 0.2) is 0 Å². The fourth-order valence-corrected chi connectivity index (χ4v) is 5.26. The molecule has 0 aromatic heterocycles. The molecule has 2 aliphatic rings. The lowest BCUT2D eigenvalue weighted by molar-refractivity contribution is -0.142. The number of halogens is 5. The van der Waals surface area contributed by atoms with Gasteiger partial charge in [-0.1, -0.05) is 41.1 Å². The van der Waals surface area contributed by atoms with E-state index in [1.807, 2.05) is 29.2 Å². The molecule has 4 rings (SSSR count). The fourth-order valence-electron chi connectivity index (χ4n) is 4.99. The van der Waals surface area contributed by atoms with Crippen molar-refractivity contribution >= 4 is 34.2 Å². The molecule has 2 aromatic rings. The van der Waals surface area contributed by atoms with Crippen molar-refractivity contribution in [1.82, 2.24) is 4.90 Å². The van der Waals surface area contributed by atoms with Crippen LogP contribution in [0.5, 0.6) is 5.75 Å². The standard InChI is InChI=1S/C25H28BrF3N2O3.ClH/c1-16(17-5-7-19(26)8-6-17)22-14-24(23(30)32,10-12-33-22)31-11-9-21(15-31)34-20-4-2-3-18(13-20)25(27,28)29;/h2-8,13,16,21-22H,9-12,14-15H2,1H3,(H2,30,32);1H/t16-,21?,22?,24?;/m0./s1. The summed E-state index contributed by atoms with van der Waals surface area (Å²) in [7, 11) is 0. The van der Waals surface area contributed by atoms with Crippen LogP contribution in [0, 0.1) is 0 Å². The molecule has 2 saturated heterocycles. The first kappa shape index (κ1) is 27.8. The van der Waals surface area contributed by atoms with Gasteiger partial charge in [-0.15, -0.1) is 12.4 Å². The van der Waals surface area contributed by atoms with Crippen molar-refractivity contribution in [3.63, 3.8) is 0 Å². The van der Waals surface area contributed by atoms with E-state index in [1.165, 1.54) is 12.1 Å². The van der Waals surface area contributed by atoms with Gasteiger partial charge in [0.05, 0.1) is 11.7 Å². The zero-order valence-corrected chi connectivity index (χ0v) is 21.7. The molecule has 0 radical (unpaired) electrons. The third-order valence-corrected chi connectivity index (χ3v) is 7.54. The molecule has 1 amide bonds. The molecular weight excluding hydrogens is 549 g/mol. The van der Waals surface area contributed by atoms with Gasteiger partial charge in [-0.2, -0.15) is 13.2 Å². The van der Waals surface area contributed by atoms with Gasteiger partial charge in [-0.05, 0) is 48.7 Å². The number of primary amides is 1. The lowest BCUT2D eigenvalue weighted by atomic mass is 9.79. The van der Waals surface area contributed by atoms with E-state index in [2.05, 4.69) is 22.9 Å². The predicted molar refractivity (Wildman–Crippen MR) is 133 cm³/mol. The van der Waals surface area contributed by atoms with Gasteiger partial charge in [0.1, 0.15) is 17.4 Å². The molecule has 2 aromatic carbocycles. The lowest BCUT2D eigenvalue weighted by Gasteiger charge is -2.46. The number of ether oxygens (including phenoxy) is 2. The van der Waals surface area contributed by atoms with Crippen molar-refractivity contribution in [2.45, 2.75) is 56.0 Å². The third kappa shape index (κ3) is 6.13. The number of carbonyl (C=O) groups is 1. The van der Waals surface area contributed by atoms with Crippen LogP contribution in [0.4, 0.5) is 13.2 Å². The third-order valence-electron chi connectivity index (χ3n) is 7.01. The van der Waals surface area contributed by atoms with E-state index in [9.17, 15) is 18.0 Å². The van der Waals surface area contributed by atoms with E-state index in [0.717, 1.165) is 22.2 Å². The minimum absolute atomic E-state index is 0. The van der Waals surface area contributed by atoms with E-state index in [1.54, 1.807) is 0 Å². The highest BCUT2D eigenvalue weighted by Crippen LogP contribution is 2.39. The molecule has 35 heavy (non-hydrogen) atoms. The lowest BCUT2D eigenvalue weighted by Crippen LogP contribution is -2.61. The number of likely N-dealkylation sites (tertiary alicyclic amines) is 1. The van der Waals surface area contributed by atoms with E-state index in [0.29, 0.717) is 39.0 Å². The molecule has 3 unspecified atom stereocenters. The van der Waals surface area contributed by atoms with Crippen molar-refractivity contribution in [1.29, 1.82) is 0 Å². The Morgan fingerprint density at radius 1 is 1.26 bits per heavy atom. The summed E-state index contributed by atoms with van der Waals surface area (Å²) in [5, 5.41) is 0. The Morgan fingerprint density at radius 3 is 2.63 bits per heavy atom. The maximum absolute atomic E-state index is 13.0. The molecule has 192 valence electrons. The Kier molecular flexibility index (Phi) is 8.78. The number of nitrogens with two attached hydrogens (primary N) is 1. The summed E-state index contributed by atoms with van der Waals surface area (Å²) in [6, 6.07) is 12.9. The zero-order chi connectivity index (χ0) is 24.5. The zero-order valence-electron chi connectivity index (χ0n) is 19.3. The van der Waals surface area contributed by atoms with Crippen LogP contribution in [0.25, 0.3) is 0 Å². The molecule has 0 spiro atoms. The van der Waals surface area contributed by atoms with E-state index >= 15 is 0 Å². The molecule has 2 fully saturated rings. The molecule has 2 heterocycles. The van der Waals surface area contributed by atoms with Crippen LogP contribution < -0.4 is 10.5 Å². The summed E-state index contributed by atoms with van der Waals surface area (Å²) < 4.78 is 52.1. The van der Waals surface area contributed by atoms with Crippen LogP contribution in [0.15, 0.2) is 53.0 Å². The van der Waals surface area contributed by atoms with Gasteiger partial charge < -0.3 is 15.2 Å². The maximum Gasteiger partial charge on any atom is 0.416 e. The van der Waals surface area contributed by atoms with Crippen LogP contribution in [-0.2, 0) is 15.7 Å². The van der Waals surface area contributed by atoms with Gasteiger partial charge >= 0.3 is 6.18 Å². The largest absolute Gasteiger partial charge is 0.489 e. The Morgan fingerprint density at radius 2 is 1.97 bits per heavy atom. The molecule has 4 atom stereocenters. The molecule has 5 nitrogen and oxygen atoms in total. The molecule has 0 saturated carbocycles. The smallest absolute Gasteiger partial charge is 0.416 e. The normalized spacial score (nSPS) is 26.1. The van der Waals surface area contributed by atoms with Crippen molar-refractivity contribution < 1.29 is 27.4 Å². The fraction of sp³-hybridized carbons (Fsp3) is 0.480. The molecule has 10 heteroatoms. The maximum atomic E-state index is 13.0. The first-order valence-electron chi connectivity index (χ1n) is 11.3. The quantitative estimate of drug-likeness (QED) is 0.489. The Hall–Kier alpha value is -1.81. The van der Waals surface area contributed by atoms with Gasteiger partial charge in [-0.3, -0.25) is 9.69 Å². The van der Waals surface area contributed by atoms with E-state index in [-0.39, 0.29) is 36.3 Å². The number of hydrogen-bond acceptors (Lipinski definition) is 4. The summed E-state index contributed by atoms with van der Waals surface area (Å²) in [4.78, 5) is 14.8. The van der Waals surface area contributed by atoms with E-state index in [4.69, 9.17) is 15.2 Å². The Labute approximate surface area is 217 Å². The molecular formula is C25H29BrClF3N2O3. The summed E-state index contributed by atoms with van der Waals surface area (Å²) in [5.41, 5.74) is 5.45. The minimum Gasteiger partial charge on any atom is -0.489 e. The second-order valence-electron chi connectivity index (χ2n) is 9.10. The molecule has 2 N–H and O–H groups in total. The van der Waals surface area contributed by atoms with Gasteiger partial charge in [-0.25, -0.2) is 0 Å². The first-order valence-corrected chi connectivity index (χ1v) is 12.1. The number of hydrogen-bond donors (Lipinski definition) is 1. The summed E-state index contributed by atoms with van der Waals surface area (Å²) in [5.74, 6) is -0.168. The Balaban J connectivity index is 0.00000342. The topological polar surface area (TPSA) is 64.8 Å². The Bertz CT molecular complexity index is 1020. The predicted octanol–water partition coefficient (Wildman–Crippen LogP) is 5.55. The SMILES string of the molecule is C[C@@H](c1ccc(Br)cc1)C1CC(C(N)=O)(N2CCC(Oc3cccc(C(F)(F)F)c3)C2)CCO1.Cl. The van der Waals surface area contributed by atoms with Gasteiger partial charge in [0, 0.05) is 36.5 Å². The number of rotatable bonds is 6. The highest BCUT2D eigenvalue weighted by Gasteiger charge is 2.50. The average Bonchev–Trinajstić information content (AvgIpc) is 3.27. The number of carbonyl (C=O) groups excluding carboxylic acids is 1. The second kappa shape index (κ2) is 11.1. The monoisotopic (exact) mass is 576 g/mol. The first-order chi connectivity index (χ1) is 16.1. The van der Waals surface area contributed by atoms with Crippen molar-refractivity contribution in [2.75, 3.05) is 19.7 Å². The van der Waals surface area contributed by atoms with Crippen molar-refractivity contribution in [3.8, 4) is 5.75 Å². The second-order valence-corrected chi connectivity index (χ2v) is 10.0. The number of benzene rings is 2. The van der Waals surface area contributed by atoms with Crippen molar-refractivity contribution in [2.24, 2.45) is 5.73 Å². The van der Waals surface area contributed by atoms with E-state index < -0.39 is 23.2 Å². The highest BCUT2D eigenvalue weighted by molar-refractivity contribution is 9.10. The highest BCUT2D eigenvalue weighted by atomic mass is 79.9. The molecule has 0 bridgehead atoms. The molecule has 0 aliphatic carbocycles. The van der Waals surface area contributed by atoms with Gasteiger partial charge in [0.2, 0.25) is 5.91 Å². The summed E-state index contributed by atoms with van der Waals surface area (Å²) >= 11 is 3.45. The summed E-state index contributed by atoms with van der Waals surface area (Å²) in [6.45, 7) is 3.48. The number of amides is 1. The minimum atomic E-state index is -4.43. The van der Waals surface area contributed by atoms with Crippen LogP contribution in [0.3, 0.4) is 0 Å². The average molecular weight is 578 g/mol. The number of nitrogens with zero attached hydrogens (tertiary/aromatic N) is 1. The van der Waals surface area contributed by atoms with Crippen LogP contribution in [0.1, 0.15) is 43.2 Å². The van der Waals surface area contributed by atoms with Crippen molar-refractivity contribution in [3.05, 3.63) is 64.1 Å². The number of alkyl halides is 3. The van der Waals surface area contributed by atoms with Gasteiger partial charge in [0.25, 0.3) is 0 Å². The van der Waals surface area contributed by atoms with Crippen LogP contribution in [-0.4, -0.2) is 48.3 Å². The summed E-state index contributed by atoms with van der Waals surface area (Å²) in [6.07, 6.45) is -3.42. The van der Waals surface area contributed by atoms with Crippen LogP contribution >= 0.6 is 28.3 Å². The molecule has 2 aliphatic heterocycles. The van der Waals surface area contributed by atoms with Crippen LogP contribution in [0.2, 0.25) is 0 Å².